The average Bonchev–Trinajstić information content (AvgIpc) is 2.69. The molecule has 8 heteroatoms. The lowest BCUT2D eigenvalue weighted by Crippen LogP contribution is -2.38. The molecular weight excluding hydrogens is 410 g/mol. The van der Waals surface area contributed by atoms with Crippen LogP contribution in [-0.4, -0.2) is 20.9 Å². The number of nitrogens with zero attached hydrogens (tertiary/aromatic N) is 1. The number of hydrogen-bond donors (Lipinski definition) is 1. The summed E-state index contributed by atoms with van der Waals surface area (Å²) >= 11 is 0. The summed E-state index contributed by atoms with van der Waals surface area (Å²) in [5.74, 6) is -2.78. The first kappa shape index (κ1) is 21.4. The lowest BCUT2D eigenvalue weighted by atomic mass is 10.1. The second kappa shape index (κ2) is 8.62. The summed E-state index contributed by atoms with van der Waals surface area (Å²) < 4.78 is 55.3. The van der Waals surface area contributed by atoms with Crippen molar-refractivity contribution in [2.45, 2.75) is 18.7 Å². The highest BCUT2D eigenvalue weighted by Gasteiger charge is 2.28. The summed E-state index contributed by atoms with van der Waals surface area (Å²) in [5, 5.41) is 2.14. The number of halogens is 2. The molecule has 3 aromatic rings. The quantitative estimate of drug-likeness (QED) is 0.630. The van der Waals surface area contributed by atoms with Gasteiger partial charge in [0.2, 0.25) is 5.91 Å². The number of carbonyl (C=O) groups excluding carboxylic acids is 1. The third kappa shape index (κ3) is 4.65. The number of nitrogens with one attached hydrogen (secondary N) is 1. The van der Waals surface area contributed by atoms with E-state index in [1.807, 2.05) is 6.07 Å². The number of sulfonamides is 1. The summed E-state index contributed by atoms with van der Waals surface area (Å²) in [7, 11) is -4.11. The zero-order chi connectivity index (χ0) is 21.9. The smallest absolute Gasteiger partial charge is 0.264 e. The molecule has 0 saturated heterocycles. The van der Waals surface area contributed by atoms with Crippen LogP contribution in [0.15, 0.2) is 71.6 Å². The van der Waals surface area contributed by atoms with Crippen LogP contribution >= 0.6 is 0 Å². The number of amides is 1. The monoisotopic (exact) mass is 430 g/mol. The zero-order valence-corrected chi connectivity index (χ0v) is 17.2. The molecule has 0 aliphatic heterocycles. The minimum absolute atomic E-state index is 0.00553. The van der Waals surface area contributed by atoms with Crippen LogP contribution in [-0.2, 0) is 14.8 Å². The Kier molecular flexibility index (Phi) is 6.17. The molecule has 0 aliphatic rings. The van der Waals surface area contributed by atoms with Crippen LogP contribution in [0.5, 0.6) is 0 Å². The zero-order valence-electron chi connectivity index (χ0n) is 16.4. The Bertz CT molecular complexity index is 1140. The highest BCUT2D eigenvalue weighted by molar-refractivity contribution is 7.92. The van der Waals surface area contributed by atoms with Crippen LogP contribution in [0.3, 0.4) is 0 Å². The van der Waals surface area contributed by atoms with Crippen molar-refractivity contribution >= 4 is 27.3 Å². The van der Waals surface area contributed by atoms with Crippen LogP contribution in [0.1, 0.15) is 11.1 Å². The molecule has 3 rings (SSSR count). The molecule has 0 saturated carbocycles. The van der Waals surface area contributed by atoms with E-state index in [2.05, 4.69) is 5.32 Å². The van der Waals surface area contributed by atoms with Crippen molar-refractivity contribution in [1.82, 2.24) is 0 Å². The van der Waals surface area contributed by atoms with Gasteiger partial charge in [-0.3, -0.25) is 9.10 Å². The van der Waals surface area contributed by atoms with E-state index in [4.69, 9.17) is 0 Å². The molecule has 0 bridgehead atoms. The van der Waals surface area contributed by atoms with Crippen molar-refractivity contribution in [1.29, 1.82) is 0 Å². The van der Waals surface area contributed by atoms with Gasteiger partial charge in [0.1, 0.15) is 23.9 Å². The van der Waals surface area contributed by atoms with Gasteiger partial charge >= 0.3 is 0 Å². The fourth-order valence-corrected chi connectivity index (χ4v) is 4.48. The van der Waals surface area contributed by atoms with Crippen molar-refractivity contribution in [3.05, 3.63) is 89.5 Å². The number of benzene rings is 3. The molecular formula is C22H20F2N2O3S. The Morgan fingerprint density at radius 2 is 1.47 bits per heavy atom. The Hall–Kier alpha value is -3.26. The Morgan fingerprint density at radius 1 is 0.900 bits per heavy atom. The Labute approximate surface area is 174 Å². The maximum absolute atomic E-state index is 13.9. The van der Waals surface area contributed by atoms with Crippen molar-refractivity contribution in [2.75, 3.05) is 16.2 Å². The van der Waals surface area contributed by atoms with Gasteiger partial charge in [-0.15, -0.1) is 0 Å². The molecule has 5 nitrogen and oxygen atoms in total. The number of carbonyl (C=O) groups is 1. The second-order valence-electron chi connectivity index (χ2n) is 6.82. The highest BCUT2D eigenvalue weighted by atomic mass is 32.2. The van der Waals surface area contributed by atoms with E-state index in [-0.39, 0.29) is 10.6 Å². The van der Waals surface area contributed by atoms with Crippen LogP contribution in [0.4, 0.5) is 20.2 Å². The van der Waals surface area contributed by atoms with E-state index in [9.17, 15) is 22.0 Å². The van der Waals surface area contributed by atoms with Gasteiger partial charge < -0.3 is 5.32 Å². The van der Waals surface area contributed by atoms with Crippen molar-refractivity contribution in [3.63, 3.8) is 0 Å². The first-order chi connectivity index (χ1) is 14.2. The molecule has 0 radical (unpaired) electrons. The largest absolute Gasteiger partial charge is 0.320 e. The lowest BCUT2D eigenvalue weighted by Gasteiger charge is -2.25. The fourth-order valence-electron chi connectivity index (χ4n) is 3.06. The van der Waals surface area contributed by atoms with Gasteiger partial charge in [0.05, 0.1) is 10.6 Å². The molecule has 0 spiro atoms. The van der Waals surface area contributed by atoms with Crippen LogP contribution < -0.4 is 9.62 Å². The third-order valence-corrected chi connectivity index (χ3v) is 6.13. The van der Waals surface area contributed by atoms with Crippen molar-refractivity contribution in [3.8, 4) is 0 Å². The fraction of sp³-hybridized carbons (Fsp3) is 0.136. The summed E-state index contributed by atoms with van der Waals surface area (Å²) in [5.41, 5.74) is 1.26. The Morgan fingerprint density at radius 3 is 2.03 bits per heavy atom. The van der Waals surface area contributed by atoms with E-state index in [1.54, 1.807) is 44.2 Å². The van der Waals surface area contributed by atoms with Gasteiger partial charge in [-0.05, 0) is 61.4 Å². The van der Waals surface area contributed by atoms with E-state index in [0.29, 0.717) is 0 Å². The topological polar surface area (TPSA) is 66.5 Å². The van der Waals surface area contributed by atoms with Crippen LogP contribution in [0, 0.1) is 25.5 Å². The first-order valence-corrected chi connectivity index (χ1v) is 10.5. The molecule has 0 aliphatic carbocycles. The minimum atomic E-state index is -4.11. The number of hydrogen-bond acceptors (Lipinski definition) is 3. The Balaban J connectivity index is 2.01. The predicted molar refractivity (Wildman–Crippen MR) is 112 cm³/mol. The predicted octanol–water partition coefficient (Wildman–Crippen LogP) is 4.42. The van der Waals surface area contributed by atoms with Gasteiger partial charge in [-0.25, -0.2) is 17.2 Å². The van der Waals surface area contributed by atoms with E-state index in [0.717, 1.165) is 27.6 Å². The SMILES string of the molecule is Cc1cc(C)cc(N(CC(=O)Nc2c(F)cccc2F)S(=O)(=O)c2ccccc2)c1. The number of rotatable bonds is 6. The molecule has 3 aromatic carbocycles. The minimum Gasteiger partial charge on any atom is -0.320 e. The molecule has 0 aromatic heterocycles. The van der Waals surface area contributed by atoms with Gasteiger partial charge in [0.25, 0.3) is 10.0 Å². The molecule has 1 amide bonds. The highest BCUT2D eigenvalue weighted by Crippen LogP contribution is 2.26. The van der Waals surface area contributed by atoms with Gasteiger partial charge in [0.15, 0.2) is 0 Å². The van der Waals surface area contributed by atoms with Crippen molar-refractivity contribution < 1.29 is 22.0 Å². The van der Waals surface area contributed by atoms with Crippen LogP contribution in [0.25, 0.3) is 0 Å². The second-order valence-corrected chi connectivity index (χ2v) is 8.68. The lowest BCUT2D eigenvalue weighted by molar-refractivity contribution is -0.114. The first-order valence-electron chi connectivity index (χ1n) is 9.08. The molecule has 1 N–H and O–H groups in total. The number of aryl methyl sites for hydroxylation is 2. The van der Waals surface area contributed by atoms with Crippen LogP contribution in [0.2, 0.25) is 0 Å². The van der Waals surface area contributed by atoms with E-state index >= 15 is 0 Å². The van der Waals surface area contributed by atoms with E-state index < -0.39 is 39.8 Å². The molecule has 0 heterocycles. The average molecular weight is 430 g/mol. The standard InChI is InChI=1S/C22H20F2N2O3S/c1-15-11-16(2)13-17(12-15)26(30(28,29)18-7-4-3-5-8-18)14-21(27)25-22-19(23)9-6-10-20(22)24/h3-13H,14H2,1-2H3,(H,25,27). The molecule has 0 fully saturated rings. The summed E-state index contributed by atoms with van der Waals surface area (Å²) in [6.07, 6.45) is 0. The summed E-state index contributed by atoms with van der Waals surface area (Å²) in [4.78, 5) is 12.6. The number of anilines is 2. The molecule has 156 valence electrons. The molecule has 0 unspecified atom stereocenters. The maximum atomic E-state index is 13.9. The summed E-state index contributed by atoms with van der Waals surface area (Å²) in [6, 6.07) is 15.9. The molecule has 30 heavy (non-hydrogen) atoms. The van der Waals surface area contributed by atoms with Gasteiger partial charge in [-0.1, -0.05) is 30.3 Å². The van der Waals surface area contributed by atoms with Gasteiger partial charge in [-0.2, -0.15) is 0 Å². The number of para-hydroxylation sites is 1. The van der Waals surface area contributed by atoms with E-state index in [1.165, 1.54) is 18.2 Å². The molecule has 0 atom stereocenters. The van der Waals surface area contributed by atoms with Gasteiger partial charge in [0, 0.05) is 0 Å². The summed E-state index contributed by atoms with van der Waals surface area (Å²) in [6.45, 7) is 2.95. The van der Waals surface area contributed by atoms with Crippen molar-refractivity contribution in [2.24, 2.45) is 0 Å². The third-order valence-electron chi connectivity index (χ3n) is 4.34. The normalized spacial score (nSPS) is 11.2. The maximum Gasteiger partial charge on any atom is 0.264 e.